The van der Waals surface area contributed by atoms with E-state index in [4.69, 9.17) is 23.2 Å². The van der Waals surface area contributed by atoms with Gasteiger partial charge in [-0.2, -0.15) is 0 Å². The molecule has 7 nitrogen and oxygen atoms in total. The number of benzene rings is 3. The molecule has 3 aromatic rings. The Hall–Kier alpha value is -3.07. The molecule has 2 amide bonds. The molecule has 40 heavy (non-hydrogen) atoms. The van der Waals surface area contributed by atoms with Crippen LogP contribution in [0.4, 0.5) is 5.69 Å². The van der Waals surface area contributed by atoms with E-state index in [9.17, 15) is 18.0 Å². The molecule has 10 heteroatoms. The fourth-order valence-electron chi connectivity index (χ4n) is 4.79. The van der Waals surface area contributed by atoms with E-state index in [1.165, 1.54) is 17.0 Å². The molecule has 1 aliphatic carbocycles. The second-order valence-corrected chi connectivity index (χ2v) is 12.7. The number of hydrogen-bond donors (Lipinski definition) is 1. The number of amides is 2. The van der Waals surface area contributed by atoms with E-state index in [-0.39, 0.29) is 29.1 Å². The minimum Gasteiger partial charge on any atom is -0.352 e. The molecule has 0 bridgehead atoms. The summed E-state index contributed by atoms with van der Waals surface area (Å²) in [5.74, 6) is -0.783. The van der Waals surface area contributed by atoms with Crippen molar-refractivity contribution in [2.45, 2.75) is 62.6 Å². The number of carbonyl (C=O) groups excluding carboxylic acids is 2. The van der Waals surface area contributed by atoms with Crippen molar-refractivity contribution < 1.29 is 18.0 Å². The normalized spacial score (nSPS) is 14.8. The van der Waals surface area contributed by atoms with Crippen LogP contribution in [-0.2, 0) is 26.2 Å². The number of sulfonamides is 1. The molecule has 1 N–H and O–H groups in total. The second-order valence-electron chi connectivity index (χ2n) is 9.97. The third kappa shape index (κ3) is 7.56. The van der Waals surface area contributed by atoms with E-state index >= 15 is 0 Å². The summed E-state index contributed by atoms with van der Waals surface area (Å²) in [7, 11) is -4.12. The topological polar surface area (TPSA) is 86.8 Å². The average Bonchev–Trinajstić information content (AvgIpc) is 2.96. The molecule has 1 atom stereocenters. The molecular weight excluding hydrogens is 569 g/mol. The second kappa shape index (κ2) is 13.5. The number of hydrogen-bond acceptors (Lipinski definition) is 4. The average molecular weight is 603 g/mol. The van der Waals surface area contributed by atoms with Crippen LogP contribution < -0.4 is 9.62 Å². The maximum absolute atomic E-state index is 14.0. The van der Waals surface area contributed by atoms with Gasteiger partial charge in [0.15, 0.2) is 0 Å². The van der Waals surface area contributed by atoms with Crippen LogP contribution >= 0.6 is 23.2 Å². The predicted molar refractivity (Wildman–Crippen MR) is 159 cm³/mol. The summed E-state index contributed by atoms with van der Waals surface area (Å²) < 4.78 is 28.6. The number of nitrogens with one attached hydrogen (secondary N) is 1. The van der Waals surface area contributed by atoms with Gasteiger partial charge in [-0.15, -0.1) is 0 Å². The van der Waals surface area contributed by atoms with E-state index in [1.807, 2.05) is 0 Å². The molecule has 212 valence electrons. The lowest BCUT2D eigenvalue weighted by Gasteiger charge is -2.33. The lowest BCUT2D eigenvalue weighted by atomic mass is 9.95. The van der Waals surface area contributed by atoms with Crippen molar-refractivity contribution in [2.24, 2.45) is 0 Å². The van der Waals surface area contributed by atoms with E-state index in [0.29, 0.717) is 10.0 Å². The van der Waals surface area contributed by atoms with Crippen LogP contribution in [-0.4, -0.2) is 43.8 Å². The van der Waals surface area contributed by atoms with Crippen LogP contribution in [0.2, 0.25) is 10.0 Å². The van der Waals surface area contributed by atoms with Gasteiger partial charge in [0.05, 0.1) is 10.6 Å². The van der Waals surface area contributed by atoms with Gasteiger partial charge < -0.3 is 10.2 Å². The summed E-state index contributed by atoms with van der Waals surface area (Å²) in [5.41, 5.74) is 1.05. The van der Waals surface area contributed by atoms with Gasteiger partial charge in [0.1, 0.15) is 12.6 Å². The minimum atomic E-state index is -4.12. The highest BCUT2D eigenvalue weighted by atomic mass is 35.5. The maximum Gasteiger partial charge on any atom is 0.264 e. The highest BCUT2D eigenvalue weighted by Crippen LogP contribution is 2.26. The van der Waals surface area contributed by atoms with Gasteiger partial charge in [0, 0.05) is 22.6 Å². The minimum absolute atomic E-state index is 0.0464. The highest BCUT2D eigenvalue weighted by molar-refractivity contribution is 7.92. The molecule has 1 saturated carbocycles. The summed E-state index contributed by atoms with van der Waals surface area (Å²) in [6.45, 7) is 1.27. The maximum atomic E-state index is 14.0. The quantitative estimate of drug-likeness (QED) is 0.306. The molecule has 0 radical (unpaired) electrons. The van der Waals surface area contributed by atoms with Gasteiger partial charge in [-0.3, -0.25) is 13.9 Å². The van der Waals surface area contributed by atoms with Gasteiger partial charge in [-0.1, -0.05) is 72.8 Å². The molecule has 0 heterocycles. The monoisotopic (exact) mass is 601 g/mol. The molecule has 0 aromatic heterocycles. The Kier molecular flexibility index (Phi) is 10.1. The van der Waals surface area contributed by atoms with Crippen molar-refractivity contribution in [3.05, 3.63) is 94.5 Å². The van der Waals surface area contributed by atoms with Gasteiger partial charge in [0.25, 0.3) is 10.0 Å². The number of anilines is 1. The number of carbonyl (C=O) groups is 2. The van der Waals surface area contributed by atoms with Crippen molar-refractivity contribution in [1.29, 1.82) is 0 Å². The van der Waals surface area contributed by atoms with Crippen molar-refractivity contribution in [2.75, 3.05) is 10.8 Å². The van der Waals surface area contributed by atoms with E-state index < -0.39 is 28.5 Å². The van der Waals surface area contributed by atoms with E-state index in [1.54, 1.807) is 73.7 Å². The Morgan fingerprint density at radius 1 is 0.875 bits per heavy atom. The smallest absolute Gasteiger partial charge is 0.264 e. The standard InChI is InChI=1S/C30H33Cl2N3O4S/c1-22(30(37)33-26-8-4-2-5-9-26)34(20-23-12-14-24(31)15-13-23)29(36)21-35(27-18-16-25(32)17-19-27)40(38,39)28-10-6-3-7-11-28/h3,6-7,10-19,22,26H,2,4-5,8-9,20-21H2,1H3,(H,33,37)/t22-/m1/s1. The van der Waals surface area contributed by atoms with Crippen molar-refractivity contribution >= 4 is 50.7 Å². The summed E-state index contributed by atoms with van der Waals surface area (Å²) in [6.07, 6.45) is 5.08. The molecule has 0 aliphatic heterocycles. The van der Waals surface area contributed by atoms with Crippen molar-refractivity contribution in [3.63, 3.8) is 0 Å². The van der Waals surface area contributed by atoms with Crippen LogP contribution in [0, 0.1) is 0 Å². The first-order valence-corrected chi connectivity index (χ1v) is 15.5. The zero-order valence-corrected chi connectivity index (χ0v) is 24.6. The first kappa shape index (κ1) is 29.9. The Morgan fingerprint density at radius 2 is 1.45 bits per heavy atom. The molecular formula is C30H33Cl2N3O4S. The third-order valence-corrected chi connectivity index (χ3v) is 9.40. The fraction of sp³-hybridized carbons (Fsp3) is 0.333. The Labute approximate surface area is 246 Å². The van der Waals surface area contributed by atoms with E-state index in [2.05, 4.69) is 5.32 Å². The number of halogens is 2. The molecule has 0 unspecified atom stereocenters. The van der Waals surface area contributed by atoms with Gasteiger partial charge in [-0.25, -0.2) is 8.42 Å². The first-order valence-electron chi connectivity index (χ1n) is 13.3. The van der Waals surface area contributed by atoms with Crippen LogP contribution in [0.5, 0.6) is 0 Å². The summed E-state index contributed by atoms with van der Waals surface area (Å²) in [6, 6.07) is 20.4. The molecule has 1 fully saturated rings. The summed E-state index contributed by atoms with van der Waals surface area (Å²) in [4.78, 5) is 28.8. The number of nitrogens with zero attached hydrogens (tertiary/aromatic N) is 2. The summed E-state index contributed by atoms with van der Waals surface area (Å²) >= 11 is 12.1. The largest absolute Gasteiger partial charge is 0.352 e. The van der Waals surface area contributed by atoms with Crippen molar-refractivity contribution in [3.8, 4) is 0 Å². The zero-order chi connectivity index (χ0) is 28.7. The molecule has 4 rings (SSSR count). The zero-order valence-electron chi connectivity index (χ0n) is 22.3. The van der Waals surface area contributed by atoms with Crippen LogP contribution in [0.1, 0.15) is 44.6 Å². The Morgan fingerprint density at radius 3 is 2.05 bits per heavy atom. The van der Waals surface area contributed by atoms with Crippen molar-refractivity contribution in [1.82, 2.24) is 10.2 Å². The molecule has 0 saturated heterocycles. The lowest BCUT2D eigenvalue weighted by Crippen LogP contribution is -2.53. The van der Waals surface area contributed by atoms with E-state index in [0.717, 1.165) is 42.0 Å². The number of rotatable bonds is 10. The van der Waals surface area contributed by atoms with Gasteiger partial charge in [-0.05, 0) is 73.9 Å². The molecule has 3 aromatic carbocycles. The highest BCUT2D eigenvalue weighted by Gasteiger charge is 2.33. The van der Waals surface area contributed by atoms with Gasteiger partial charge >= 0.3 is 0 Å². The third-order valence-electron chi connectivity index (χ3n) is 7.11. The SMILES string of the molecule is C[C@H](C(=O)NC1CCCCC1)N(Cc1ccc(Cl)cc1)C(=O)CN(c1ccc(Cl)cc1)S(=O)(=O)c1ccccc1. The van der Waals surface area contributed by atoms with Gasteiger partial charge in [0.2, 0.25) is 11.8 Å². The fourth-order valence-corrected chi connectivity index (χ4v) is 6.48. The van der Waals surface area contributed by atoms with Crippen LogP contribution in [0.3, 0.4) is 0 Å². The Bertz CT molecular complexity index is 1400. The van der Waals surface area contributed by atoms with Crippen LogP contribution in [0.25, 0.3) is 0 Å². The lowest BCUT2D eigenvalue weighted by molar-refractivity contribution is -0.139. The first-order chi connectivity index (χ1) is 19.1. The molecule has 0 spiro atoms. The Balaban J connectivity index is 1.65. The predicted octanol–water partition coefficient (Wildman–Crippen LogP) is 6.05. The van der Waals surface area contributed by atoms with Crippen LogP contribution in [0.15, 0.2) is 83.8 Å². The molecule has 1 aliphatic rings. The summed E-state index contributed by atoms with van der Waals surface area (Å²) in [5, 5.41) is 4.08.